The molecule has 0 spiro atoms. The molecule has 0 aliphatic heterocycles. The van der Waals surface area contributed by atoms with Gasteiger partial charge in [0.05, 0.1) is 6.61 Å². The molecular weight excluding hydrogens is 128 g/mol. The molecule has 0 bridgehead atoms. The Balaban J connectivity index is 3.92. The number of rotatable bonds is 2. The molecule has 0 aromatic heterocycles. The summed E-state index contributed by atoms with van der Waals surface area (Å²) in [7, 11) is -3.03. The first-order chi connectivity index (χ1) is 3.56. The van der Waals surface area contributed by atoms with Crippen LogP contribution in [0.25, 0.3) is 0 Å². The highest BCUT2D eigenvalue weighted by molar-refractivity contribution is 7.93. The lowest BCUT2D eigenvalue weighted by atomic mass is 10.7. The zero-order valence-corrected chi connectivity index (χ0v) is 5.35. The minimum atomic E-state index is -3.03. The first kappa shape index (κ1) is 7.65. The second-order valence-electron chi connectivity index (χ2n) is 1.38. The SMILES string of the molecule is CS(=O)(=O)C=CCO. The lowest BCUT2D eigenvalue weighted by Crippen LogP contribution is -1.88. The van der Waals surface area contributed by atoms with Crippen LogP contribution in [0.1, 0.15) is 0 Å². The highest BCUT2D eigenvalue weighted by Crippen LogP contribution is 1.82. The first-order valence-electron chi connectivity index (χ1n) is 2.04. The van der Waals surface area contributed by atoms with Gasteiger partial charge in [-0.1, -0.05) is 0 Å². The Morgan fingerprint density at radius 3 is 2.25 bits per heavy atom. The van der Waals surface area contributed by atoms with Crippen molar-refractivity contribution < 1.29 is 13.5 Å². The fourth-order valence-electron chi connectivity index (χ4n) is 0.218. The smallest absolute Gasteiger partial charge is 0.168 e. The summed E-state index contributed by atoms with van der Waals surface area (Å²) in [5.41, 5.74) is 0. The number of hydrogen-bond acceptors (Lipinski definition) is 3. The van der Waals surface area contributed by atoms with Gasteiger partial charge in [-0.2, -0.15) is 0 Å². The lowest BCUT2D eigenvalue weighted by molar-refractivity contribution is 0.343. The summed E-state index contributed by atoms with van der Waals surface area (Å²) in [5, 5.41) is 9.04. The number of aliphatic hydroxyl groups excluding tert-OH is 1. The van der Waals surface area contributed by atoms with Gasteiger partial charge in [-0.25, -0.2) is 8.42 Å². The molecule has 0 saturated heterocycles. The van der Waals surface area contributed by atoms with Gasteiger partial charge in [0.1, 0.15) is 0 Å². The van der Waals surface area contributed by atoms with Gasteiger partial charge in [0.15, 0.2) is 9.84 Å². The maximum absolute atomic E-state index is 10.2. The average molecular weight is 136 g/mol. The van der Waals surface area contributed by atoms with Crippen LogP contribution < -0.4 is 0 Å². The highest BCUT2D eigenvalue weighted by Gasteiger charge is 1.88. The molecule has 0 rings (SSSR count). The van der Waals surface area contributed by atoms with Crippen molar-refractivity contribution in [3.63, 3.8) is 0 Å². The summed E-state index contributed by atoms with van der Waals surface area (Å²) in [5.74, 6) is 0. The van der Waals surface area contributed by atoms with Crippen LogP contribution in [0.3, 0.4) is 0 Å². The fourth-order valence-corrected chi connectivity index (χ4v) is 0.653. The Labute approximate surface area is 48.6 Å². The van der Waals surface area contributed by atoms with Gasteiger partial charge in [0.2, 0.25) is 0 Å². The second kappa shape index (κ2) is 2.84. The number of hydrogen-bond donors (Lipinski definition) is 1. The van der Waals surface area contributed by atoms with E-state index in [4.69, 9.17) is 5.11 Å². The molecule has 1 N–H and O–H groups in total. The Morgan fingerprint density at radius 1 is 1.62 bits per heavy atom. The minimum Gasteiger partial charge on any atom is -0.392 e. The maximum Gasteiger partial charge on any atom is 0.168 e. The van der Waals surface area contributed by atoms with Gasteiger partial charge in [-0.3, -0.25) is 0 Å². The van der Waals surface area contributed by atoms with Crippen LogP contribution >= 0.6 is 0 Å². The summed E-state index contributed by atoms with van der Waals surface area (Å²) in [6.07, 6.45) is 2.24. The van der Waals surface area contributed by atoms with Crippen LogP contribution in [0, 0.1) is 0 Å². The predicted molar refractivity (Wildman–Crippen MR) is 31.1 cm³/mol. The summed E-state index contributed by atoms with van der Waals surface area (Å²) in [4.78, 5) is 0. The van der Waals surface area contributed by atoms with Gasteiger partial charge in [0.25, 0.3) is 0 Å². The van der Waals surface area contributed by atoms with E-state index in [1.165, 1.54) is 6.08 Å². The standard InChI is InChI=1S/C4H8O3S/c1-8(6,7)4-2-3-5/h2,4-5H,3H2,1H3. The topological polar surface area (TPSA) is 54.4 Å². The highest BCUT2D eigenvalue weighted by atomic mass is 32.2. The molecule has 0 fully saturated rings. The van der Waals surface area contributed by atoms with Crippen molar-refractivity contribution in [3.8, 4) is 0 Å². The molecule has 0 aromatic carbocycles. The van der Waals surface area contributed by atoms with Crippen LogP contribution in [0.2, 0.25) is 0 Å². The van der Waals surface area contributed by atoms with E-state index in [2.05, 4.69) is 0 Å². The second-order valence-corrected chi connectivity index (χ2v) is 3.32. The van der Waals surface area contributed by atoms with E-state index in [1.807, 2.05) is 0 Å². The van der Waals surface area contributed by atoms with E-state index in [-0.39, 0.29) is 6.61 Å². The predicted octanol–water partition coefficient (Wildman–Crippen LogP) is -0.463. The molecular formula is C4H8O3S. The summed E-state index contributed by atoms with van der Waals surface area (Å²) >= 11 is 0. The summed E-state index contributed by atoms with van der Waals surface area (Å²) in [6.45, 7) is -0.229. The third kappa shape index (κ3) is 5.65. The van der Waals surface area contributed by atoms with E-state index in [0.29, 0.717) is 0 Å². The van der Waals surface area contributed by atoms with Crippen molar-refractivity contribution in [2.24, 2.45) is 0 Å². The third-order valence-electron chi connectivity index (χ3n) is 0.449. The molecule has 0 amide bonds. The quantitative estimate of drug-likeness (QED) is 0.558. The van der Waals surface area contributed by atoms with Crippen LogP contribution in [0.15, 0.2) is 11.5 Å². The van der Waals surface area contributed by atoms with Crippen LogP contribution in [-0.2, 0) is 9.84 Å². The van der Waals surface area contributed by atoms with Crippen molar-refractivity contribution in [1.29, 1.82) is 0 Å². The zero-order valence-electron chi connectivity index (χ0n) is 4.53. The van der Waals surface area contributed by atoms with Crippen LogP contribution in [0.4, 0.5) is 0 Å². The summed E-state index contributed by atoms with van der Waals surface area (Å²) in [6, 6.07) is 0. The molecule has 8 heavy (non-hydrogen) atoms. The Kier molecular flexibility index (Phi) is 2.71. The van der Waals surface area contributed by atoms with Gasteiger partial charge in [-0.05, 0) is 6.08 Å². The van der Waals surface area contributed by atoms with Crippen molar-refractivity contribution in [2.75, 3.05) is 12.9 Å². The molecule has 3 nitrogen and oxygen atoms in total. The van der Waals surface area contributed by atoms with Crippen LogP contribution in [0.5, 0.6) is 0 Å². The van der Waals surface area contributed by atoms with Crippen molar-refractivity contribution in [3.05, 3.63) is 11.5 Å². The normalized spacial score (nSPS) is 12.8. The average Bonchev–Trinajstić information content (AvgIpc) is 1.59. The molecule has 0 heterocycles. The largest absolute Gasteiger partial charge is 0.392 e. The molecule has 0 aliphatic carbocycles. The lowest BCUT2D eigenvalue weighted by Gasteiger charge is -1.80. The van der Waals surface area contributed by atoms with Crippen molar-refractivity contribution >= 4 is 9.84 Å². The van der Waals surface area contributed by atoms with E-state index < -0.39 is 9.84 Å². The molecule has 4 heteroatoms. The molecule has 0 aliphatic rings. The molecule has 0 aromatic rings. The van der Waals surface area contributed by atoms with Crippen molar-refractivity contribution in [2.45, 2.75) is 0 Å². The summed E-state index contributed by atoms with van der Waals surface area (Å²) < 4.78 is 20.4. The maximum atomic E-state index is 10.2. The zero-order chi connectivity index (χ0) is 6.62. The molecule has 0 atom stereocenters. The first-order valence-corrected chi connectivity index (χ1v) is 3.99. The van der Waals surface area contributed by atoms with E-state index in [0.717, 1.165) is 11.7 Å². The van der Waals surface area contributed by atoms with E-state index in [1.54, 1.807) is 0 Å². The molecule has 0 saturated carbocycles. The molecule has 48 valence electrons. The number of aliphatic hydroxyl groups is 1. The minimum absolute atomic E-state index is 0.229. The number of sulfone groups is 1. The van der Waals surface area contributed by atoms with Crippen LogP contribution in [-0.4, -0.2) is 26.4 Å². The molecule has 0 unspecified atom stereocenters. The van der Waals surface area contributed by atoms with Gasteiger partial charge >= 0.3 is 0 Å². The third-order valence-corrected chi connectivity index (χ3v) is 1.14. The van der Waals surface area contributed by atoms with Crippen molar-refractivity contribution in [1.82, 2.24) is 0 Å². The Morgan fingerprint density at radius 2 is 2.12 bits per heavy atom. The van der Waals surface area contributed by atoms with E-state index >= 15 is 0 Å². The molecule has 0 radical (unpaired) electrons. The Bertz CT molecular complexity index is 166. The monoisotopic (exact) mass is 136 g/mol. The van der Waals surface area contributed by atoms with E-state index in [9.17, 15) is 8.42 Å². The fraction of sp³-hybridized carbons (Fsp3) is 0.500. The van der Waals surface area contributed by atoms with Gasteiger partial charge in [-0.15, -0.1) is 0 Å². The van der Waals surface area contributed by atoms with Gasteiger partial charge in [0, 0.05) is 11.7 Å². The van der Waals surface area contributed by atoms with Gasteiger partial charge < -0.3 is 5.11 Å². The Hall–Kier alpha value is -0.350.